The summed E-state index contributed by atoms with van der Waals surface area (Å²) in [5.41, 5.74) is 6.50. The average Bonchev–Trinajstić information content (AvgIpc) is 2.90. The highest BCUT2D eigenvalue weighted by atomic mass is 32.2. The van der Waals surface area contributed by atoms with Crippen LogP contribution in [0.4, 0.5) is 15.8 Å². The smallest absolute Gasteiger partial charge is 0.264 e. The number of sulfonamides is 1. The molecule has 3 aromatic rings. The number of rotatable bonds is 3. The van der Waals surface area contributed by atoms with E-state index in [1.54, 1.807) is 12.1 Å². The Labute approximate surface area is 123 Å². The SMILES string of the molecule is Nc1cc(F)ccc1NS(=O)(=O)c1cccc2nsnc12. The van der Waals surface area contributed by atoms with Gasteiger partial charge in [0.05, 0.1) is 23.1 Å². The Morgan fingerprint density at radius 3 is 2.76 bits per heavy atom. The third kappa shape index (κ3) is 2.52. The van der Waals surface area contributed by atoms with Crippen molar-refractivity contribution in [1.29, 1.82) is 0 Å². The van der Waals surface area contributed by atoms with Gasteiger partial charge in [0.2, 0.25) is 0 Å². The van der Waals surface area contributed by atoms with Crippen LogP contribution >= 0.6 is 11.7 Å². The van der Waals surface area contributed by atoms with Crippen molar-refractivity contribution in [3.63, 3.8) is 0 Å². The van der Waals surface area contributed by atoms with E-state index in [-0.39, 0.29) is 21.8 Å². The molecule has 0 atom stereocenters. The Kier molecular flexibility index (Phi) is 3.22. The standard InChI is InChI=1S/C12H9FN4O2S2/c13-7-4-5-9(8(14)6-7)17-21(18,19)11-3-1-2-10-12(11)16-20-15-10/h1-6,17H,14H2. The van der Waals surface area contributed by atoms with E-state index in [0.29, 0.717) is 5.52 Å². The lowest BCUT2D eigenvalue weighted by Crippen LogP contribution is -2.14. The van der Waals surface area contributed by atoms with Crippen LogP contribution in [0, 0.1) is 5.82 Å². The predicted octanol–water partition coefficient (Wildman–Crippen LogP) is 2.21. The van der Waals surface area contributed by atoms with Crippen LogP contribution < -0.4 is 10.5 Å². The normalized spacial score (nSPS) is 11.7. The highest BCUT2D eigenvalue weighted by Crippen LogP contribution is 2.26. The molecule has 0 radical (unpaired) electrons. The van der Waals surface area contributed by atoms with Crippen molar-refractivity contribution < 1.29 is 12.8 Å². The molecule has 0 aliphatic heterocycles. The first kappa shape index (κ1) is 13.7. The summed E-state index contributed by atoms with van der Waals surface area (Å²) in [6.45, 7) is 0. The molecule has 0 bridgehead atoms. The molecule has 3 rings (SSSR count). The second kappa shape index (κ2) is 4.93. The zero-order chi connectivity index (χ0) is 15.0. The number of nitrogens with one attached hydrogen (secondary N) is 1. The summed E-state index contributed by atoms with van der Waals surface area (Å²) in [7, 11) is -3.89. The van der Waals surface area contributed by atoms with Gasteiger partial charge in [-0.25, -0.2) is 12.8 Å². The van der Waals surface area contributed by atoms with Crippen LogP contribution in [0.15, 0.2) is 41.3 Å². The van der Waals surface area contributed by atoms with E-state index in [4.69, 9.17) is 5.73 Å². The van der Waals surface area contributed by atoms with Gasteiger partial charge < -0.3 is 5.73 Å². The van der Waals surface area contributed by atoms with Gasteiger partial charge in [0, 0.05) is 0 Å². The van der Waals surface area contributed by atoms with Crippen molar-refractivity contribution in [3.8, 4) is 0 Å². The minimum absolute atomic E-state index is 0.00199. The first-order valence-corrected chi connectivity index (χ1v) is 7.98. The van der Waals surface area contributed by atoms with E-state index >= 15 is 0 Å². The third-order valence-electron chi connectivity index (χ3n) is 2.80. The molecule has 0 amide bonds. The maximum absolute atomic E-state index is 13.0. The lowest BCUT2D eigenvalue weighted by atomic mass is 10.3. The van der Waals surface area contributed by atoms with Gasteiger partial charge in [-0.15, -0.1) is 0 Å². The number of hydrogen-bond donors (Lipinski definition) is 2. The van der Waals surface area contributed by atoms with Crippen molar-refractivity contribution >= 4 is 44.2 Å². The number of nitrogens with two attached hydrogens (primary N) is 1. The van der Waals surface area contributed by atoms with Gasteiger partial charge in [-0.05, 0) is 30.3 Å². The number of benzene rings is 2. The molecule has 0 spiro atoms. The van der Waals surface area contributed by atoms with Crippen LogP contribution in [0.2, 0.25) is 0 Å². The molecule has 2 aromatic carbocycles. The van der Waals surface area contributed by atoms with E-state index in [1.165, 1.54) is 12.1 Å². The van der Waals surface area contributed by atoms with Gasteiger partial charge in [-0.1, -0.05) is 6.07 Å². The molecular weight excluding hydrogens is 315 g/mol. The molecule has 0 saturated carbocycles. The monoisotopic (exact) mass is 324 g/mol. The molecule has 0 saturated heterocycles. The molecule has 1 heterocycles. The molecule has 6 nitrogen and oxygen atoms in total. The van der Waals surface area contributed by atoms with E-state index in [0.717, 1.165) is 23.9 Å². The number of fused-ring (bicyclic) bond motifs is 1. The molecule has 21 heavy (non-hydrogen) atoms. The van der Waals surface area contributed by atoms with Crippen LogP contribution in [0.1, 0.15) is 0 Å². The number of halogens is 1. The third-order valence-corrected chi connectivity index (χ3v) is 4.74. The molecule has 108 valence electrons. The highest BCUT2D eigenvalue weighted by Gasteiger charge is 2.20. The number of hydrogen-bond acceptors (Lipinski definition) is 6. The average molecular weight is 324 g/mol. The Hall–Kier alpha value is -2.26. The summed E-state index contributed by atoms with van der Waals surface area (Å²) in [6.07, 6.45) is 0. The fourth-order valence-electron chi connectivity index (χ4n) is 1.82. The Balaban J connectivity index is 2.06. The fraction of sp³-hybridized carbons (Fsp3) is 0. The summed E-state index contributed by atoms with van der Waals surface area (Å²) in [4.78, 5) is -0.00234. The lowest BCUT2D eigenvalue weighted by molar-refractivity contribution is 0.601. The second-order valence-corrected chi connectivity index (χ2v) is 6.40. The summed E-state index contributed by atoms with van der Waals surface area (Å²) >= 11 is 0.928. The topological polar surface area (TPSA) is 98.0 Å². The maximum atomic E-state index is 13.0. The van der Waals surface area contributed by atoms with Crippen molar-refractivity contribution in [2.45, 2.75) is 4.90 Å². The zero-order valence-corrected chi connectivity index (χ0v) is 12.1. The summed E-state index contributed by atoms with van der Waals surface area (Å²) in [5.74, 6) is -0.541. The van der Waals surface area contributed by atoms with Crippen LogP contribution in [0.25, 0.3) is 11.0 Å². The van der Waals surface area contributed by atoms with Crippen LogP contribution in [-0.4, -0.2) is 17.2 Å². The van der Waals surface area contributed by atoms with Crippen molar-refractivity contribution in [2.24, 2.45) is 0 Å². The van der Waals surface area contributed by atoms with E-state index in [2.05, 4.69) is 13.5 Å². The van der Waals surface area contributed by atoms with E-state index < -0.39 is 15.8 Å². The van der Waals surface area contributed by atoms with Gasteiger partial charge >= 0.3 is 0 Å². The van der Waals surface area contributed by atoms with Crippen LogP contribution in [-0.2, 0) is 10.0 Å². The molecule has 1 aromatic heterocycles. The van der Waals surface area contributed by atoms with Gasteiger partial charge in [0.1, 0.15) is 21.7 Å². The molecule has 3 N–H and O–H groups in total. The molecule has 0 fully saturated rings. The molecule has 0 aliphatic carbocycles. The number of nitrogens with zero attached hydrogens (tertiary/aromatic N) is 2. The predicted molar refractivity (Wildman–Crippen MR) is 79.0 cm³/mol. The molecule has 0 unspecified atom stereocenters. The van der Waals surface area contributed by atoms with E-state index in [9.17, 15) is 12.8 Å². The van der Waals surface area contributed by atoms with Crippen molar-refractivity contribution in [3.05, 3.63) is 42.2 Å². The van der Waals surface area contributed by atoms with Gasteiger partial charge in [0.15, 0.2) is 0 Å². The highest BCUT2D eigenvalue weighted by molar-refractivity contribution is 7.93. The molecule has 0 aliphatic rings. The maximum Gasteiger partial charge on any atom is 0.264 e. The minimum Gasteiger partial charge on any atom is -0.397 e. The van der Waals surface area contributed by atoms with E-state index in [1.807, 2.05) is 0 Å². The Morgan fingerprint density at radius 2 is 2.00 bits per heavy atom. The Morgan fingerprint density at radius 1 is 1.19 bits per heavy atom. The Bertz CT molecular complexity index is 924. The summed E-state index contributed by atoms with van der Waals surface area (Å²) in [6, 6.07) is 8.10. The van der Waals surface area contributed by atoms with Crippen molar-refractivity contribution in [2.75, 3.05) is 10.5 Å². The second-order valence-electron chi connectivity index (χ2n) is 4.23. The van der Waals surface area contributed by atoms with Gasteiger partial charge in [-0.3, -0.25) is 4.72 Å². The molecule has 9 heteroatoms. The quantitative estimate of drug-likeness (QED) is 0.720. The lowest BCUT2D eigenvalue weighted by Gasteiger charge is -2.10. The first-order chi connectivity index (χ1) is 9.97. The number of aromatic nitrogens is 2. The van der Waals surface area contributed by atoms with Gasteiger partial charge in [-0.2, -0.15) is 8.75 Å². The summed E-state index contributed by atoms with van der Waals surface area (Å²) < 4.78 is 48.2. The molecular formula is C12H9FN4O2S2. The van der Waals surface area contributed by atoms with Crippen LogP contribution in [0.5, 0.6) is 0 Å². The van der Waals surface area contributed by atoms with Crippen molar-refractivity contribution in [1.82, 2.24) is 8.75 Å². The number of anilines is 2. The zero-order valence-electron chi connectivity index (χ0n) is 10.4. The fourth-order valence-corrected chi connectivity index (χ4v) is 3.68. The summed E-state index contributed by atoms with van der Waals surface area (Å²) in [5, 5.41) is 0. The van der Waals surface area contributed by atoms with Crippen LogP contribution in [0.3, 0.4) is 0 Å². The first-order valence-electron chi connectivity index (χ1n) is 5.76. The van der Waals surface area contributed by atoms with Gasteiger partial charge in [0.25, 0.3) is 10.0 Å². The minimum atomic E-state index is -3.89. The largest absolute Gasteiger partial charge is 0.397 e. The number of nitrogen functional groups attached to an aromatic ring is 1.